The zero-order valence-corrected chi connectivity index (χ0v) is 10.7. The van der Waals surface area contributed by atoms with Gasteiger partial charge in [0.25, 0.3) is 0 Å². The predicted molar refractivity (Wildman–Crippen MR) is 71.1 cm³/mol. The van der Waals surface area contributed by atoms with Gasteiger partial charge in [-0.2, -0.15) is 0 Å². The standard InChI is InChI=1S/C14H14FN3O2/c15-12-9(2-1-3-10(12)16)8-4-5-11-13(14(19)20)17-7-18(11)6-8/h1-3,7-8H,4-6,16H2,(H,19,20). The fourth-order valence-electron chi connectivity index (χ4n) is 2.78. The summed E-state index contributed by atoms with van der Waals surface area (Å²) in [5.41, 5.74) is 7.12. The van der Waals surface area contributed by atoms with E-state index in [1.165, 1.54) is 12.4 Å². The van der Waals surface area contributed by atoms with E-state index >= 15 is 0 Å². The molecular weight excluding hydrogens is 261 g/mol. The summed E-state index contributed by atoms with van der Waals surface area (Å²) in [4.78, 5) is 14.9. The number of hydrogen-bond donors (Lipinski definition) is 2. The van der Waals surface area contributed by atoms with Gasteiger partial charge in [-0.25, -0.2) is 14.2 Å². The quantitative estimate of drug-likeness (QED) is 0.822. The van der Waals surface area contributed by atoms with Crippen LogP contribution in [0.4, 0.5) is 10.1 Å². The van der Waals surface area contributed by atoms with Crippen molar-refractivity contribution in [2.24, 2.45) is 0 Å². The van der Waals surface area contributed by atoms with Crippen LogP contribution < -0.4 is 5.73 Å². The van der Waals surface area contributed by atoms with Crippen molar-refractivity contribution in [3.05, 3.63) is 47.3 Å². The monoisotopic (exact) mass is 275 g/mol. The Bertz CT molecular complexity index is 681. The van der Waals surface area contributed by atoms with Gasteiger partial charge in [-0.1, -0.05) is 12.1 Å². The van der Waals surface area contributed by atoms with E-state index in [2.05, 4.69) is 4.98 Å². The number of nitrogen functional groups attached to an aromatic ring is 1. The molecule has 1 aromatic heterocycles. The molecule has 0 saturated carbocycles. The third-order valence-corrected chi connectivity index (χ3v) is 3.79. The second kappa shape index (κ2) is 4.63. The predicted octanol–water partition coefficient (Wildman–Crippen LogP) is 2.03. The van der Waals surface area contributed by atoms with Crippen LogP contribution in [-0.4, -0.2) is 20.6 Å². The molecule has 1 aliphatic heterocycles. The summed E-state index contributed by atoms with van der Waals surface area (Å²) in [6, 6.07) is 5.00. The first-order valence-corrected chi connectivity index (χ1v) is 6.39. The molecule has 0 radical (unpaired) electrons. The molecule has 3 rings (SSSR count). The summed E-state index contributed by atoms with van der Waals surface area (Å²) in [5, 5.41) is 9.04. The number of carboxylic acid groups (broad SMARTS) is 1. The van der Waals surface area contributed by atoms with Crippen LogP contribution in [0, 0.1) is 5.82 Å². The van der Waals surface area contributed by atoms with Gasteiger partial charge >= 0.3 is 5.97 Å². The number of nitrogens with two attached hydrogens (primary N) is 1. The number of aromatic carboxylic acids is 1. The summed E-state index contributed by atoms with van der Waals surface area (Å²) in [6.45, 7) is 0.524. The van der Waals surface area contributed by atoms with Gasteiger partial charge in [0.15, 0.2) is 5.69 Å². The molecule has 0 fully saturated rings. The minimum Gasteiger partial charge on any atom is -0.476 e. The number of fused-ring (bicyclic) bond motifs is 1. The third kappa shape index (κ3) is 1.93. The Balaban J connectivity index is 1.93. The third-order valence-electron chi connectivity index (χ3n) is 3.79. The summed E-state index contributed by atoms with van der Waals surface area (Å²) in [5.74, 6) is -1.41. The molecule has 0 amide bonds. The van der Waals surface area contributed by atoms with E-state index in [4.69, 9.17) is 10.8 Å². The summed E-state index contributed by atoms with van der Waals surface area (Å²) in [7, 11) is 0. The van der Waals surface area contributed by atoms with Crippen molar-refractivity contribution in [1.82, 2.24) is 9.55 Å². The molecule has 104 valence electrons. The minimum absolute atomic E-state index is 0.0122. The highest BCUT2D eigenvalue weighted by Gasteiger charge is 2.27. The van der Waals surface area contributed by atoms with Crippen LogP contribution >= 0.6 is 0 Å². The Morgan fingerprint density at radius 2 is 2.30 bits per heavy atom. The molecule has 2 aromatic rings. The largest absolute Gasteiger partial charge is 0.476 e. The van der Waals surface area contributed by atoms with Gasteiger partial charge in [-0.05, 0) is 24.5 Å². The van der Waals surface area contributed by atoms with Crippen LogP contribution in [0.15, 0.2) is 24.5 Å². The molecule has 0 aliphatic carbocycles. The number of benzene rings is 1. The Morgan fingerprint density at radius 1 is 1.50 bits per heavy atom. The molecule has 0 spiro atoms. The lowest BCUT2D eigenvalue weighted by Crippen LogP contribution is -2.20. The second-order valence-electron chi connectivity index (χ2n) is 4.98. The van der Waals surface area contributed by atoms with Gasteiger partial charge in [0.05, 0.1) is 17.7 Å². The van der Waals surface area contributed by atoms with E-state index < -0.39 is 5.97 Å². The van der Waals surface area contributed by atoms with Gasteiger partial charge in [-0.3, -0.25) is 0 Å². The number of anilines is 1. The van der Waals surface area contributed by atoms with Crippen molar-refractivity contribution >= 4 is 11.7 Å². The van der Waals surface area contributed by atoms with E-state index in [0.29, 0.717) is 30.6 Å². The number of imidazole rings is 1. The highest BCUT2D eigenvalue weighted by molar-refractivity contribution is 5.86. The minimum atomic E-state index is -1.02. The van der Waals surface area contributed by atoms with Gasteiger partial charge < -0.3 is 15.4 Å². The van der Waals surface area contributed by atoms with Crippen molar-refractivity contribution in [2.75, 3.05) is 5.73 Å². The Hall–Kier alpha value is -2.37. The van der Waals surface area contributed by atoms with Crippen LogP contribution in [0.3, 0.4) is 0 Å². The van der Waals surface area contributed by atoms with Crippen molar-refractivity contribution in [3.8, 4) is 0 Å². The lowest BCUT2D eigenvalue weighted by Gasteiger charge is -2.25. The van der Waals surface area contributed by atoms with Crippen molar-refractivity contribution in [2.45, 2.75) is 25.3 Å². The zero-order valence-electron chi connectivity index (χ0n) is 10.7. The first-order valence-electron chi connectivity index (χ1n) is 6.39. The number of aromatic nitrogens is 2. The van der Waals surface area contributed by atoms with Crippen LogP contribution in [0.1, 0.15) is 34.1 Å². The molecule has 3 N–H and O–H groups in total. The normalized spacial score (nSPS) is 17.8. The summed E-state index contributed by atoms with van der Waals surface area (Å²) >= 11 is 0. The zero-order chi connectivity index (χ0) is 14.3. The SMILES string of the molecule is Nc1cccc(C2CCc3c(C(=O)O)ncn3C2)c1F. The molecule has 20 heavy (non-hydrogen) atoms. The number of halogens is 1. The number of carbonyl (C=O) groups is 1. The maximum absolute atomic E-state index is 14.1. The van der Waals surface area contributed by atoms with Crippen LogP contribution in [0.2, 0.25) is 0 Å². The molecular formula is C14H14FN3O2. The average Bonchev–Trinajstić information content (AvgIpc) is 2.85. The molecule has 2 heterocycles. The van der Waals surface area contributed by atoms with Crippen molar-refractivity contribution in [3.63, 3.8) is 0 Å². The molecule has 0 bridgehead atoms. The van der Waals surface area contributed by atoms with Crippen molar-refractivity contribution < 1.29 is 14.3 Å². The van der Waals surface area contributed by atoms with E-state index in [-0.39, 0.29) is 23.1 Å². The molecule has 1 aliphatic rings. The smallest absolute Gasteiger partial charge is 0.356 e. The first-order chi connectivity index (χ1) is 9.58. The molecule has 5 nitrogen and oxygen atoms in total. The van der Waals surface area contributed by atoms with Crippen LogP contribution in [0.5, 0.6) is 0 Å². The van der Waals surface area contributed by atoms with Gasteiger partial charge in [0.2, 0.25) is 0 Å². The lowest BCUT2D eigenvalue weighted by atomic mass is 9.89. The second-order valence-corrected chi connectivity index (χ2v) is 4.98. The van der Waals surface area contributed by atoms with Crippen LogP contribution in [-0.2, 0) is 13.0 Å². The molecule has 6 heteroatoms. The topological polar surface area (TPSA) is 81.1 Å². The molecule has 1 unspecified atom stereocenters. The van der Waals surface area contributed by atoms with E-state index in [9.17, 15) is 9.18 Å². The van der Waals surface area contributed by atoms with E-state index in [1.54, 1.807) is 16.7 Å². The average molecular weight is 275 g/mol. The van der Waals surface area contributed by atoms with Gasteiger partial charge in [-0.15, -0.1) is 0 Å². The first kappa shape index (κ1) is 12.7. The summed E-state index contributed by atoms with van der Waals surface area (Å²) in [6.07, 6.45) is 2.77. The highest BCUT2D eigenvalue weighted by atomic mass is 19.1. The maximum Gasteiger partial charge on any atom is 0.356 e. The Kier molecular flexibility index (Phi) is 2.93. The number of carboxylic acids is 1. The van der Waals surface area contributed by atoms with Gasteiger partial charge in [0.1, 0.15) is 5.82 Å². The fraction of sp³-hybridized carbons (Fsp3) is 0.286. The van der Waals surface area contributed by atoms with E-state index in [1.807, 2.05) is 0 Å². The molecule has 0 saturated heterocycles. The van der Waals surface area contributed by atoms with Crippen LogP contribution in [0.25, 0.3) is 0 Å². The molecule has 1 aromatic carbocycles. The lowest BCUT2D eigenvalue weighted by molar-refractivity contribution is 0.0689. The van der Waals surface area contributed by atoms with E-state index in [0.717, 1.165) is 0 Å². The fourth-order valence-corrected chi connectivity index (χ4v) is 2.78. The number of rotatable bonds is 2. The van der Waals surface area contributed by atoms with Crippen molar-refractivity contribution in [1.29, 1.82) is 0 Å². The summed E-state index contributed by atoms with van der Waals surface area (Å²) < 4.78 is 15.8. The maximum atomic E-state index is 14.1. The molecule has 1 atom stereocenters. The highest BCUT2D eigenvalue weighted by Crippen LogP contribution is 2.32. The Labute approximate surface area is 114 Å². The Morgan fingerprint density at radius 3 is 3.05 bits per heavy atom. The number of hydrogen-bond acceptors (Lipinski definition) is 3. The van der Waals surface area contributed by atoms with Gasteiger partial charge in [0, 0.05) is 12.5 Å². The number of nitrogens with zero attached hydrogens (tertiary/aromatic N) is 2.